The maximum atomic E-state index is 6.07. The first-order valence-corrected chi connectivity index (χ1v) is 8.46. The summed E-state index contributed by atoms with van der Waals surface area (Å²) in [5, 5.41) is 7.96. The van der Waals surface area contributed by atoms with Crippen LogP contribution in [0, 0.1) is 0 Å². The number of hydrogen-bond acceptors (Lipinski definition) is 4. The molecular weight excluding hydrogens is 282 g/mol. The lowest BCUT2D eigenvalue weighted by Crippen LogP contribution is -2.43. The molecule has 4 rings (SSSR count). The quantitative estimate of drug-likeness (QED) is 0.911. The van der Waals surface area contributed by atoms with Crippen LogP contribution in [0.2, 0.25) is 0 Å². The van der Waals surface area contributed by atoms with Crippen LogP contribution in [0.1, 0.15) is 35.8 Å². The highest BCUT2D eigenvalue weighted by molar-refractivity contribution is 7.08. The molecule has 1 aromatic carbocycles. The van der Waals surface area contributed by atoms with Crippen LogP contribution in [0.25, 0.3) is 0 Å². The van der Waals surface area contributed by atoms with Gasteiger partial charge in [0.1, 0.15) is 12.2 Å². The summed E-state index contributed by atoms with van der Waals surface area (Å²) < 4.78 is 12.1. The van der Waals surface area contributed by atoms with Crippen LogP contribution in [-0.4, -0.2) is 19.3 Å². The Labute approximate surface area is 128 Å². The summed E-state index contributed by atoms with van der Waals surface area (Å²) >= 11 is 1.72. The van der Waals surface area contributed by atoms with E-state index in [1.54, 1.807) is 11.3 Å². The number of benzene rings is 1. The Bertz CT molecular complexity index is 626. The Morgan fingerprint density at radius 2 is 2.14 bits per heavy atom. The van der Waals surface area contributed by atoms with Gasteiger partial charge in [-0.15, -0.1) is 0 Å². The predicted octanol–water partition coefficient (Wildman–Crippen LogP) is 3.93. The average molecular weight is 301 g/mol. The summed E-state index contributed by atoms with van der Waals surface area (Å²) in [7, 11) is 0. The molecule has 0 bridgehead atoms. The fourth-order valence-electron chi connectivity index (χ4n) is 3.25. The van der Waals surface area contributed by atoms with E-state index in [2.05, 4.69) is 47.3 Å². The molecule has 0 aliphatic carbocycles. The molecule has 4 heteroatoms. The zero-order valence-electron chi connectivity index (χ0n) is 12.0. The predicted molar refractivity (Wildman–Crippen MR) is 84.9 cm³/mol. The molecule has 110 valence electrons. The molecule has 1 aromatic heterocycles. The highest BCUT2D eigenvalue weighted by Crippen LogP contribution is 2.44. The molecule has 3 heterocycles. The summed E-state index contributed by atoms with van der Waals surface area (Å²) in [6.45, 7) is 3.53. The molecule has 3 atom stereocenters. The lowest BCUT2D eigenvalue weighted by molar-refractivity contribution is -0.151. The van der Waals surface area contributed by atoms with Crippen LogP contribution in [-0.2, 0) is 15.9 Å². The largest absolute Gasteiger partial charge is 0.375 e. The van der Waals surface area contributed by atoms with Crippen LogP contribution in [0.15, 0.2) is 35.0 Å². The zero-order valence-corrected chi connectivity index (χ0v) is 12.9. The minimum Gasteiger partial charge on any atom is -0.375 e. The first-order valence-electron chi connectivity index (χ1n) is 7.51. The molecule has 2 aliphatic heterocycles. The van der Waals surface area contributed by atoms with Crippen molar-refractivity contribution in [3.63, 3.8) is 0 Å². The van der Waals surface area contributed by atoms with Gasteiger partial charge >= 0.3 is 0 Å². The minimum absolute atomic E-state index is 0.0337. The molecule has 0 spiro atoms. The van der Waals surface area contributed by atoms with Crippen molar-refractivity contribution < 1.29 is 9.47 Å². The van der Waals surface area contributed by atoms with Crippen LogP contribution in [0.3, 0.4) is 0 Å². The van der Waals surface area contributed by atoms with Crippen molar-refractivity contribution in [3.05, 3.63) is 51.7 Å². The molecule has 0 saturated carbocycles. The molecule has 1 N–H and O–H groups in total. The molecule has 0 amide bonds. The highest BCUT2D eigenvalue weighted by atomic mass is 32.1. The van der Waals surface area contributed by atoms with Crippen molar-refractivity contribution in [3.8, 4) is 0 Å². The van der Waals surface area contributed by atoms with Crippen molar-refractivity contribution in [1.29, 1.82) is 0 Å². The van der Waals surface area contributed by atoms with Gasteiger partial charge in [-0.05, 0) is 40.4 Å². The number of thiophene rings is 1. The van der Waals surface area contributed by atoms with Gasteiger partial charge in [0.25, 0.3) is 0 Å². The third-order valence-corrected chi connectivity index (χ3v) is 5.06. The second-order valence-electron chi connectivity index (χ2n) is 5.58. The average Bonchev–Trinajstić information content (AvgIpc) is 3.08. The van der Waals surface area contributed by atoms with Crippen molar-refractivity contribution in [2.24, 2.45) is 0 Å². The fourth-order valence-corrected chi connectivity index (χ4v) is 3.95. The van der Waals surface area contributed by atoms with E-state index in [4.69, 9.17) is 9.47 Å². The molecule has 0 radical (unpaired) electrons. The summed E-state index contributed by atoms with van der Waals surface area (Å²) in [4.78, 5) is 0. The van der Waals surface area contributed by atoms with Crippen LogP contribution >= 0.6 is 11.3 Å². The molecule has 2 aromatic rings. The van der Waals surface area contributed by atoms with E-state index < -0.39 is 0 Å². The lowest BCUT2D eigenvalue weighted by atomic mass is 9.87. The number of fused-ring (bicyclic) bond motifs is 3. The second-order valence-corrected chi connectivity index (χ2v) is 6.36. The summed E-state index contributed by atoms with van der Waals surface area (Å²) in [6, 6.07) is 8.98. The van der Waals surface area contributed by atoms with Gasteiger partial charge in [0, 0.05) is 11.3 Å². The van der Waals surface area contributed by atoms with Crippen molar-refractivity contribution in [2.75, 3.05) is 18.5 Å². The van der Waals surface area contributed by atoms with E-state index in [0.717, 1.165) is 6.42 Å². The van der Waals surface area contributed by atoms with Crippen molar-refractivity contribution >= 4 is 17.0 Å². The number of anilines is 1. The number of ether oxygens (including phenoxy) is 2. The summed E-state index contributed by atoms with van der Waals surface area (Å²) in [5.74, 6) is 0. The number of aryl methyl sites for hydroxylation is 1. The molecule has 1 fully saturated rings. The topological polar surface area (TPSA) is 30.5 Å². The van der Waals surface area contributed by atoms with Gasteiger partial charge in [0.2, 0.25) is 0 Å². The SMILES string of the molecule is CCc1ccc2c(c1)[C@H]1OCCOC1[C@H](c1ccsc1)N2. The van der Waals surface area contributed by atoms with Gasteiger partial charge in [-0.25, -0.2) is 0 Å². The molecule has 3 nitrogen and oxygen atoms in total. The molecule has 2 aliphatic rings. The second kappa shape index (κ2) is 5.44. The van der Waals surface area contributed by atoms with Crippen molar-refractivity contribution in [2.45, 2.75) is 31.6 Å². The smallest absolute Gasteiger partial charge is 0.113 e. The third kappa shape index (κ3) is 2.27. The lowest BCUT2D eigenvalue weighted by Gasteiger charge is -2.42. The molecule has 1 unspecified atom stereocenters. The van der Waals surface area contributed by atoms with Gasteiger partial charge < -0.3 is 14.8 Å². The van der Waals surface area contributed by atoms with Gasteiger partial charge in [-0.3, -0.25) is 0 Å². The van der Waals surface area contributed by atoms with E-state index in [0.29, 0.717) is 13.2 Å². The van der Waals surface area contributed by atoms with E-state index >= 15 is 0 Å². The third-order valence-electron chi connectivity index (χ3n) is 4.36. The number of nitrogens with one attached hydrogen (secondary N) is 1. The van der Waals surface area contributed by atoms with Crippen LogP contribution in [0.4, 0.5) is 5.69 Å². The Morgan fingerprint density at radius 3 is 2.95 bits per heavy atom. The molecule has 1 saturated heterocycles. The van der Waals surface area contributed by atoms with E-state index in [9.17, 15) is 0 Å². The monoisotopic (exact) mass is 301 g/mol. The van der Waals surface area contributed by atoms with Crippen LogP contribution < -0.4 is 5.32 Å². The maximum Gasteiger partial charge on any atom is 0.113 e. The fraction of sp³-hybridized carbons (Fsp3) is 0.412. The number of hydrogen-bond donors (Lipinski definition) is 1. The van der Waals surface area contributed by atoms with E-state index in [1.807, 2.05) is 0 Å². The van der Waals surface area contributed by atoms with Gasteiger partial charge in [0.15, 0.2) is 0 Å². The van der Waals surface area contributed by atoms with Crippen molar-refractivity contribution in [1.82, 2.24) is 0 Å². The van der Waals surface area contributed by atoms with Gasteiger partial charge in [-0.1, -0.05) is 19.1 Å². The Balaban J connectivity index is 1.77. The Kier molecular flexibility index (Phi) is 3.45. The summed E-state index contributed by atoms with van der Waals surface area (Å²) in [5.41, 5.74) is 5.05. The Hall–Kier alpha value is -1.36. The zero-order chi connectivity index (χ0) is 14.2. The van der Waals surface area contributed by atoms with E-state index in [1.165, 1.54) is 22.4 Å². The highest BCUT2D eigenvalue weighted by Gasteiger charge is 2.41. The van der Waals surface area contributed by atoms with Gasteiger partial charge in [-0.2, -0.15) is 11.3 Å². The first kappa shape index (κ1) is 13.3. The Morgan fingerprint density at radius 1 is 1.24 bits per heavy atom. The maximum absolute atomic E-state index is 6.07. The standard InChI is InChI=1S/C17H19NO2S/c1-2-11-3-4-14-13(9-11)16-17(20-7-6-19-16)15(18-14)12-5-8-21-10-12/h3-5,8-10,15-18H,2,6-7H2,1H3/t15-,16+,17?/m0/s1. The van der Waals surface area contributed by atoms with Crippen LogP contribution in [0.5, 0.6) is 0 Å². The first-order chi connectivity index (χ1) is 10.4. The minimum atomic E-state index is 0.0337. The van der Waals surface area contributed by atoms with Gasteiger partial charge in [0.05, 0.1) is 19.3 Å². The normalized spacial score (nSPS) is 27.6. The molecule has 21 heavy (non-hydrogen) atoms. The number of rotatable bonds is 2. The summed E-state index contributed by atoms with van der Waals surface area (Å²) in [6.07, 6.45) is 1.12. The molecular formula is C17H19NO2S. The van der Waals surface area contributed by atoms with E-state index in [-0.39, 0.29) is 18.2 Å².